The number of aromatic nitrogens is 2. The average molecular weight is 361 g/mol. The summed E-state index contributed by atoms with van der Waals surface area (Å²) in [6, 6.07) is 8.90. The summed E-state index contributed by atoms with van der Waals surface area (Å²) in [5.74, 6) is 0.308. The van der Waals surface area contributed by atoms with Crippen LogP contribution in [0.3, 0.4) is 0 Å². The number of carbonyl (C=O) groups excluding carboxylic acids is 2. The monoisotopic (exact) mass is 360 g/mol. The van der Waals surface area contributed by atoms with Crippen LogP contribution >= 0.6 is 11.6 Å². The quantitative estimate of drug-likeness (QED) is 0.860. The normalized spacial score (nSPS) is 14.5. The van der Waals surface area contributed by atoms with Crippen molar-refractivity contribution in [3.05, 3.63) is 46.6 Å². The molecule has 0 bridgehead atoms. The highest BCUT2D eigenvalue weighted by Crippen LogP contribution is 2.26. The molecular formula is C18H21ClN4O2. The molecule has 3 rings (SSSR count). The molecule has 0 atom stereocenters. The van der Waals surface area contributed by atoms with Gasteiger partial charge in [0.25, 0.3) is 5.91 Å². The van der Waals surface area contributed by atoms with Gasteiger partial charge >= 0.3 is 0 Å². The Kier molecular flexibility index (Phi) is 5.38. The van der Waals surface area contributed by atoms with Crippen molar-refractivity contribution < 1.29 is 9.59 Å². The van der Waals surface area contributed by atoms with Crippen LogP contribution in [-0.2, 0) is 18.4 Å². The van der Waals surface area contributed by atoms with Crippen molar-refractivity contribution in [3.8, 4) is 0 Å². The standard InChI is InChI=1S/C18H21ClN4O2/c1-23-16(21-17(24)13-6-2-3-7-13)10-15(22-23)18(25)20-11-12-5-4-8-14(19)9-12/h4-5,8-10,13H,2-3,6-7,11H2,1H3,(H,20,25)(H,21,24). The lowest BCUT2D eigenvalue weighted by atomic mass is 10.1. The molecule has 1 saturated carbocycles. The molecule has 1 aromatic carbocycles. The zero-order valence-corrected chi connectivity index (χ0v) is 14.8. The predicted molar refractivity (Wildman–Crippen MR) is 96.4 cm³/mol. The molecule has 2 N–H and O–H groups in total. The second-order valence-corrected chi connectivity index (χ2v) is 6.76. The molecule has 1 fully saturated rings. The molecule has 0 spiro atoms. The van der Waals surface area contributed by atoms with Gasteiger partial charge in [0.15, 0.2) is 5.69 Å². The van der Waals surface area contributed by atoms with E-state index in [0.29, 0.717) is 17.4 Å². The van der Waals surface area contributed by atoms with Gasteiger partial charge in [0.1, 0.15) is 5.82 Å². The number of anilines is 1. The molecule has 25 heavy (non-hydrogen) atoms. The van der Waals surface area contributed by atoms with Crippen LogP contribution in [0.1, 0.15) is 41.7 Å². The van der Waals surface area contributed by atoms with Gasteiger partial charge in [-0.25, -0.2) is 0 Å². The van der Waals surface area contributed by atoms with E-state index in [4.69, 9.17) is 11.6 Å². The first-order valence-electron chi connectivity index (χ1n) is 8.40. The summed E-state index contributed by atoms with van der Waals surface area (Å²) in [4.78, 5) is 24.5. The van der Waals surface area contributed by atoms with E-state index in [-0.39, 0.29) is 23.4 Å². The fourth-order valence-corrected chi connectivity index (χ4v) is 3.24. The van der Waals surface area contributed by atoms with Crippen LogP contribution in [0.5, 0.6) is 0 Å². The Morgan fingerprint density at radius 1 is 1.28 bits per heavy atom. The number of amides is 2. The van der Waals surface area contributed by atoms with E-state index in [9.17, 15) is 9.59 Å². The third-order valence-corrected chi connectivity index (χ3v) is 4.67. The molecule has 1 aliphatic carbocycles. The van der Waals surface area contributed by atoms with Gasteiger partial charge < -0.3 is 10.6 Å². The largest absolute Gasteiger partial charge is 0.347 e. The Bertz CT molecular complexity index is 781. The Labute approximate surface area is 151 Å². The summed E-state index contributed by atoms with van der Waals surface area (Å²) in [6.07, 6.45) is 4.05. The number of rotatable bonds is 5. The Morgan fingerprint density at radius 2 is 2.04 bits per heavy atom. The molecule has 132 valence electrons. The molecular weight excluding hydrogens is 340 g/mol. The maximum atomic E-state index is 12.3. The number of hydrogen-bond acceptors (Lipinski definition) is 3. The molecule has 1 aliphatic rings. The number of hydrogen-bond donors (Lipinski definition) is 2. The molecule has 7 heteroatoms. The zero-order chi connectivity index (χ0) is 17.8. The first kappa shape index (κ1) is 17.5. The van der Waals surface area contributed by atoms with E-state index < -0.39 is 0 Å². The van der Waals surface area contributed by atoms with Gasteiger partial charge in [0.2, 0.25) is 5.91 Å². The van der Waals surface area contributed by atoms with E-state index in [2.05, 4.69) is 15.7 Å². The van der Waals surface area contributed by atoms with Crippen molar-refractivity contribution in [1.82, 2.24) is 15.1 Å². The minimum atomic E-state index is -0.294. The van der Waals surface area contributed by atoms with Crippen LogP contribution in [-0.4, -0.2) is 21.6 Å². The third kappa shape index (κ3) is 4.39. The molecule has 2 aromatic rings. The highest BCUT2D eigenvalue weighted by molar-refractivity contribution is 6.30. The molecule has 0 unspecified atom stereocenters. The number of carbonyl (C=O) groups is 2. The van der Waals surface area contributed by atoms with Crippen LogP contribution in [0.25, 0.3) is 0 Å². The second kappa shape index (κ2) is 7.70. The average Bonchev–Trinajstić information content (AvgIpc) is 3.23. The Hall–Kier alpha value is -2.34. The SMILES string of the molecule is Cn1nc(C(=O)NCc2cccc(Cl)c2)cc1NC(=O)C1CCCC1. The third-order valence-electron chi connectivity index (χ3n) is 4.43. The van der Waals surface area contributed by atoms with Crippen molar-refractivity contribution in [2.75, 3.05) is 5.32 Å². The van der Waals surface area contributed by atoms with Crippen LogP contribution in [0.2, 0.25) is 5.02 Å². The number of halogens is 1. The fourth-order valence-electron chi connectivity index (χ4n) is 3.03. The number of aryl methyl sites for hydroxylation is 1. The minimum Gasteiger partial charge on any atom is -0.347 e. The highest BCUT2D eigenvalue weighted by Gasteiger charge is 2.24. The lowest BCUT2D eigenvalue weighted by Crippen LogP contribution is -2.23. The topological polar surface area (TPSA) is 76.0 Å². The van der Waals surface area contributed by atoms with Crippen molar-refractivity contribution in [3.63, 3.8) is 0 Å². The summed E-state index contributed by atoms with van der Waals surface area (Å²) in [5.41, 5.74) is 1.18. The van der Waals surface area contributed by atoms with Crippen molar-refractivity contribution in [1.29, 1.82) is 0 Å². The summed E-state index contributed by atoms with van der Waals surface area (Å²) >= 11 is 5.93. The van der Waals surface area contributed by atoms with Crippen LogP contribution in [0.4, 0.5) is 5.82 Å². The van der Waals surface area contributed by atoms with Crippen LogP contribution < -0.4 is 10.6 Å². The first-order valence-corrected chi connectivity index (χ1v) is 8.78. The molecule has 6 nitrogen and oxygen atoms in total. The first-order chi connectivity index (χ1) is 12.0. The van der Waals surface area contributed by atoms with Gasteiger partial charge in [-0.15, -0.1) is 0 Å². The summed E-state index contributed by atoms with van der Waals surface area (Å²) in [7, 11) is 1.71. The molecule has 1 aromatic heterocycles. The maximum absolute atomic E-state index is 12.3. The Morgan fingerprint density at radius 3 is 2.76 bits per heavy atom. The molecule has 2 amide bonds. The van der Waals surface area contributed by atoms with Crippen molar-refractivity contribution >= 4 is 29.2 Å². The second-order valence-electron chi connectivity index (χ2n) is 6.32. The van der Waals surface area contributed by atoms with E-state index in [1.165, 1.54) is 4.68 Å². The molecule has 0 aliphatic heterocycles. The van der Waals surface area contributed by atoms with Crippen LogP contribution in [0.15, 0.2) is 30.3 Å². The minimum absolute atomic E-state index is 0.00591. The molecule has 0 saturated heterocycles. The van der Waals surface area contributed by atoms with Gasteiger partial charge in [-0.1, -0.05) is 36.6 Å². The smallest absolute Gasteiger partial charge is 0.272 e. The number of nitrogens with zero attached hydrogens (tertiary/aromatic N) is 2. The molecule has 0 radical (unpaired) electrons. The Balaban J connectivity index is 1.60. The summed E-state index contributed by atoms with van der Waals surface area (Å²) in [6.45, 7) is 0.361. The maximum Gasteiger partial charge on any atom is 0.272 e. The fraction of sp³-hybridized carbons (Fsp3) is 0.389. The van der Waals surface area contributed by atoms with Gasteiger partial charge in [0.05, 0.1) is 0 Å². The van der Waals surface area contributed by atoms with E-state index >= 15 is 0 Å². The van der Waals surface area contributed by atoms with Crippen molar-refractivity contribution in [2.45, 2.75) is 32.2 Å². The van der Waals surface area contributed by atoms with Gasteiger partial charge in [-0.05, 0) is 30.5 Å². The zero-order valence-electron chi connectivity index (χ0n) is 14.1. The number of nitrogens with one attached hydrogen (secondary N) is 2. The van der Waals surface area contributed by atoms with Gasteiger partial charge in [-0.3, -0.25) is 14.3 Å². The lowest BCUT2D eigenvalue weighted by Gasteiger charge is -2.09. The highest BCUT2D eigenvalue weighted by atomic mass is 35.5. The van der Waals surface area contributed by atoms with E-state index in [1.807, 2.05) is 12.1 Å². The molecule has 1 heterocycles. The van der Waals surface area contributed by atoms with Gasteiger partial charge in [-0.2, -0.15) is 5.10 Å². The summed E-state index contributed by atoms with van der Waals surface area (Å²) < 4.78 is 1.52. The van der Waals surface area contributed by atoms with Gasteiger partial charge in [0, 0.05) is 30.6 Å². The van der Waals surface area contributed by atoms with E-state index in [0.717, 1.165) is 31.2 Å². The van der Waals surface area contributed by atoms with Crippen molar-refractivity contribution in [2.24, 2.45) is 13.0 Å². The number of benzene rings is 1. The van der Waals surface area contributed by atoms with E-state index in [1.54, 1.807) is 25.2 Å². The predicted octanol–water partition coefficient (Wildman–Crippen LogP) is 3.13. The van der Waals surface area contributed by atoms with Crippen LogP contribution in [0, 0.1) is 5.92 Å². The lowest BCUT2D eigenvalue weighted by molar-refractivity contribution is -0.119. The summed E-state index contributed by atoms with van der Waals surface area (Å²) in [5, 5.41) is 10.5.